The molecule has 4 heteroatoms. The van der Waals surface area contributed by atoms with Crippen molar-refractivity contribution in [3.63, 3.8) is 0 Å². The van der Waals surface area contributed by atoms with Gasteiger partial charge in [-0.15, -0.1) is 0 Å². The Bertz CT molecular complexity index is 305. The molecule has 0 aliphatic heterocycles. The second kappa shape index (κ2) is 3.71. The average molecular weight is 309 g/mol. The second-order valence-electron chi connectivity index (χ2n) is 3.36. The highest BCUT2D eigenvalue weighted by molar-refractivity contribution is 14.1. The van der Waals surface area contributed by atoms with E-state index in [1.165, 1.54) is 12.8 Å². The van der Waals surface area contributed by atoms with Crippen molar-refractivity contribution in [3.8, 4) is 0 Å². The molecule has 2 nitrogen and oxygen atoms in total. The summed E-state index contributed by atoms with van der Waals surface area (Å²) in [5.74, 6) is 0.621. The van der Waals surface area contributed by atoms with Crippen molar-refractivity contribution in [3.05, 3.63) is 26.5 Å². The van der Waals surface area contributed by atoms with Crippen molar-refractivity contribution in [2.24, 2.45) is 11.7 Å². The molecule has 2 N–H and O–H groups in total. The highest BCUT2D eigenvalue weighted by atomic mass is 127. The molecular formula is C9H10ClIN2. The molecule has 1 fully saturated rings. The van der Waals surface area contributed by atoms with Crippen molar-refractivity contribution in [2.75, 3.05) is 0 Å². The van der Waals surface area contributed by atoms with Crippen LogP contribution in [0.4, 0.5) is 0 Å². The van der Waals surface area contributed by atoms with Gasteiger partial charge in [0.15, 0.2) is 0 Å². The maximum atomic E-state index is 6.07. The van der Waals surface area contributed by atoms with Gasteiger partial charge in [-0.1, -0.05) is 11.6 Å². The van der Waals surface area contributed by atoms with Gasteiger partial charge in [0.05, 0.1) is 0 Å². The summed E-state index contributed by atoms with van der Waals surface area (Å²) in [6, 6.07) is 2.03. The molecule has 1 aliphatic carbocycles. The normalized spacial score (nSPS) is 18.7. The Morgan fingerprint density at radius 1 is 1.62 bits per heavy atom. The molecule has 0 amide bonds. The van der Waals surface area contributed by atoms with Crippen LogP contribution in [0.15, 0.2) is 12.3 Å². The van der Waals surface area contributed by atoms with Crippen LogP contribution < -0.4 is 5.73 Å². The van der Waals surface area contributed by atoms with Gasteiger partial charge in [0.25, 0.3) is 0 Å². The number of hydrogen-bond acceptors (Lipinski definition) is 2. The molecule has 0 unspecified atom stereocenters. The monoisotopic (exact) mass is 308 g/mol. The molecule has 0 spiro atoms. The molecule has 2 rings (SSSR count). The second-order valence-corrected chi connectivity index (χ2v) is 4.88. The van der Waals surface area contributed by atoms with Crippen LogP contribution in [0, 0.1) is 9.49 Å². The van der Waals surface area contributed by atoms with E-state index < -0.39 is 0 Å². The van der Waals surface area contributed by atoms with Crippen molar-refractivity contribution in [1.29, 1.82) is 0 Å². The molecule has 70 valence electrons. The summed E-state index contributed by atoms with van der Waals surface area (Å²) in [6.45, 7) is 0. The molecule has 1 saturated carbocycles. The molecule has 0 bridgehead atoms. The summed E-state index contributed by atoms with van der Waals surface area (Å²) in [4.78, 5) is 4.05. The van der Waals surface area contributed by atoms with Crippen molar-refractivity contribution < 1.29 is 0 Å². The van der Waals surface area contributed by atoms with Crippen LogP contribution in [-0.4, -0.2) is 4.98 Å². The zero-order valence-corrected chi connectivity index (χ0v) is 9.92. The number of hydrogen-bond donors (Lipinski definition) is 1. The smallest absolute Gasteiger partial charge is 0.134 e. The molecule has 0 aromatic carbocycles. The van der Waals surface area contributed by atoms with Crippen LogP contribution in [0.1, 0.15) is 24.4 Å². The molecule has 0 saturated heterocycles. The summed E-state index contributed by atoms with van der Waals surface area (Å²) in [6.07, 6.45) is 4.16. The molecule has 1 atom stereocenters. The Kier molecular flexibility index (Phi) is 2.76. The van der Waals surface area contributed by atoms with Gasteiger partial charge in [-0.25, -0.2) is 4.98 Å². The molecule has 1 aliphatic rings. The lowest BCUT2D eigenvalue weighted by Crippen LogP contribution is -2.14. The predicted octanol–water partition coefficient (Wildman–Crippen LogP) is 2.75. The van der Waals surface area contributed by atoms with Crippen LogP contribution in [0.25, 0.3) is 0 Å². The largest absolute Gasteiger partial charge is 0.324 e. The maximum Gasteiger partial charge on any atom is 0.134 e. The Hall–Kier alpha value is 0.130. The highest BCUT2D eigenvalue weighted by Crippen LogP contribution is 2.42. The number of rotatable bonds is 2. The third kappa shape index (κ3) is 1.97. The minimum Gasteiger partial charge on any atom is -0.324 e. The van der Waals surface area contributed by atoms with Gasteiger partial charge in [-0.2, -0.15) is 0 Å². The molecule has 1 heterocycles. The van der Waals surface area contributed by atoms with E-state index in [0.29, 0.717) is 11.1 Å². The highest BCUT2D eigenvalue weighted by Gasteiger charge is 2.32. The number of nitrogens with two attached hydrogens (primary N) is 1. The molecule has 1 aromatic rings. The predicted molar refractivity (Wildman–Crippen MR) is 61.6 cm³/mol. The summed E-state index contributed by atoms with van der Waals surface area (Å²) < 4.78 is 1.12. The van der Waals surface area contributed by atoms with E-state index in [1.54, 1.807) is 6.20 Å². The fourth-order valence-electron chi connectivity index (χ4n) is 1.41. The first kappa shape index (κ1) is 9.68. The zero-order valence-electron chi connectivity index (χ0n) is 7.00. The van der Waals surface area contributed by atoms with Gasteiger partial charge in [0.1, 0.15) is 5.15 Å². The van der Waals surface area contributed by atoms with Gasteiger partial charge < -0.3 is 5.73 Å². The van der Waals surface area contributed by atoms with Gasteiger partial charge >= 0.3 is 0 Å². The first-order valence-corrected chi connectivity index (χ1v) is 5.71. The van der Waals surface area contributed by atoms with E-state index >= 15 is 0 Å². The van der Waals surface area contributed by atoms with Crippen LogP contribution in [-0.2, 0) is 0 Å². The number of nitrogens with zero attached hydrogens (tertiary/aromatic N) is 1. The summed E-state index contributed by atoms with van der Waals surface area (Å²) in [5, 5.41) is 0.561. The minimum absolute atomic E-state index is 0.0769. The Morgan fingerprint density at radius 2 is 2.31 bits per heavy atom. The Balaban J connectivity index is 2.36. The SMILES string of the molecule is N[C@H](c1c(I)ccnc1Cl)C1CC1. The fraction of sp³-hybridized carbons (Fsp3) is 0.444. The van der Waals surface area contributed by atoms with Crippen molar-refractivity contribution in [1.82, 2.24) is 4.98 Å². The lowest BCUT2D eigenvalue weighted by molar-refractivity contribution is 0.628. The third-order valence-corrected chi connectivity index (χ3v) is 3.59. The van der Waals surface area contributed by atoms with Gasteiger partial charge in [0, 0.05) is 21.4 Å². The topological polar surface area (TPSA) is 38.9 Å². The van der Waals surface area contributed by atoms with E-state index in [9.17, 15) is 0 Å². The third-order valence-electron chi connectivity index (χ3n) is 2.35. The zero-order chi connectivity index (χ0) is 9.42. The molecular weight excluding hydrogens is 298 g/mol. The first-order chi connectivity index (χ1) is 6.20. The maximum absolute atomic E-state index is 6.07. The number of halogens is 2. The average Bonchev–Trinajstić information content (AvgIpc) is 2.85. The van der Waals surface area contributed by atoms with Gasteiger partial charge in [0.2, 0.25) is 0 Å². The van der Waals surface area contributed by atoms with E-state index in [2.05, 4.69) is 27.6 Å². The lowest BCUT2D eigenvalue weighted by Gasteiger charge is -2.13. The van der Waals surface area contributed by atoms with E-state index in [1.807, 2.05) is 6.07 Å². The summed E-state index contributed by atoms with van der Waals surface area (Å²) in [7, 11) is 0. The van der Waals surface area contributed by atoms with Crippen LogP contribution in [0.2, 0.25) is 5.15 Å². The van der Waals surface area contributed by atoms with Crippen molar-refractivity contribution in [2.45, 2.75) is 18.9 Å². The Labute approximate surface area is 96.0 Å². The van der Waals surface area contributed by atoms with Crippen LogP contribution in [0.5, 0.6) is 0 Å². The van der Waals surface area contributed by atoms with Crippen LogP contribution in [0.3, 0.4) is 0 Å². The minimum atomic E-state index is 0.0769. The van der Waals surface area contributed by atoms with E-state index in [0.717, 1.165) is 9.13 Å². The summed E-state index contributed by atoms with van der Waals surface area (Å²) in [5.41, 5.74) is 7.09. The van der Waals surface area contributed by atoms with Gasteiger partial charge in [-0.05, 0) is 47.4 Å². The lowest BCUT2D eigenvalue weighted by atomic mass is 10.1. The quantitative estimate of drug-likeness (QED) is 0.674. The van der Waals surface area contributed by atoms with E-state index in [-0.39, 0.29) is 6.04 Å². The molecule has 13 heavy (non-hydrogen) atoms. The van der Waals surface area contributed by atoms with Crippen molar-refractivity contribution >= 4 is 34.2 Å². The first-order valence-electron chi connectivity index (χ1n) is 4.25. The standard InChI is InChI=1S/C9H10ClIN2/c10-9-7(6(11)3-4-13-9)8(12)5-1-2-5/h3-5,8H,1-2,12H2/t8-/m0/s1. The fourth-order valence-corrected chi connectivity index (χ4v) is 2.63. The molecule has 1 aromatic heterocycles. The van der Waals surface area contributed by atoms with Crippen LogP contribution >= 0.6 is 34.2 Å². The van der Waals surface area contributed by atoms with Gasteiger partial charge in [-0.3, -0.25) is 0 Å². The number of pyridine rings is 1. The Morgan fingerprint density at radius 3 is 2.85 bits per heavy atom. The van der Waals surface area contributed by atoms with E-state index in [4.69, 9.17) is 17.3 Å². The summed E-state index contributed by atoms with van der Waals surface area (Å²) >= 11 is 8.26. The molecule has 0 radical (unpaired) electrons. The number of aromatic nitrogens is 1.